The molecule has 0 saturated carbocycles. The van der Waals surface area contributed by atoms with Crippen LogP contribution in [0.25, 0.3) is 0 Å². The highest BCUT2D eigenvalue weighted by Gasteiger charge is 2.40. The van der Waals surface area contributed by atoms with E-state index in [1.165, 1.54) is 0 Å². The molecule has 0 unspecified atom stereocenters. The van der Waals surface area contributed by atoms with E-state index < -0.39 is 31.3 Å². The number of alkyl halides is 4. The first-order valence-corrected chi connectivity index (χ1v) is 3.15. The van der Waals surface area contributed by atoms with Crippen molar-refractivity contribution in [2.45, 2.75) is 25.7 Å². The van der Waals surface area contributed by atoms with Gasteiger partial charge in [0.2, 0.25) is 0 Å². The number of hydrogen-bond donors (Lipinski definition) is 0. The van der Waals surface area contributed by atoms with Crippen molar-refractivity contribution in [2.75, 3.05) is 6.61 Å². The number of carbonyl (C=O) groups excluding carboxylic acids is 1. The Hall–Kier alpha value is -0.810. The highest BCUT2D eigenvalue weighted by Crippen LogP contribution is 2.26. The molecular weight excluding hydrogens is 180 g/mol. The first-order chi connectivity index (χ1) is 5.36. The van der Waals surface area contributed by atoms with E-state index in [9.17, 15) is 22.4 Å². The summed E-state index contributed by atoms with van der Waals surface area (Å²) in [4.78, 5) is 10.0. The molecular formula is C6H8F4O2. The number of rotatable bonds is 4. The van der Waals surface area contributed by atoms with E-state index in [1.54, 1.807) is 0 Å². The summed E-state index contributed by atoms with van der Waals surface area (Å²) < 4.78 is 51.1. The van der Waals surface area contributed by atoms with Crippen LogP contribution in [-0.4, -0.2) is 24.9 Å². The Bertz CT molecular complexity index is 158. The van der Waals surface area contributed by atoms with Crippen LogP contribution in [0.2, 0.25) is 0 Å². The maximum absolute atomic E-state index is 12.1. The average molecular weight is 188 g/mol. The zero-order valence-electron chi connectivity index (χ0n) is 6.32. The highest BCUT2D eigenvalue weighted by molar-refractivity contribution is 5.65. The molecule has 0 aromatic rings. The van der Waals surface area contributed by atoms with Gasteiger partial charge in [-0.2, -0.15) is 0 Å². The van der Waals surface area contributed by atoms with Crippen molar-refractivity contribution in [3.05, 3.63) is 0 Å². The lowest BCUT2D eigenvalue weighted by Gasteiger charge is -2.14. The first kappa shape index (κ1) is 11.2. The van der Waals surface area contributed by atoms with Crippen molar-refractivity contribution < 1.29 is 27.1 Å². The normalized spacial score (nSPS) is 11.8. The zero-order chi connectivity index (χ0) is 9.78. The van der Waals surface area contributed by atoms with E-state index in [0.717, 1.165) is 6.92 Å². The van der Waals surface area contributed by atoms with Crippen molar-refractivity contribution in [3.8, 4) is 0 Å². The fourth-order valence-corrected chi connectivity index (χ4v) is 0.440. The van der Waals surface area contributed by atoms with E-state index in [1.807, 2.05) is 0 Å². The minimum atomic E-state index is -4.07. The molecule has 0 heterocycles. The smallest absolute Gasteiger partial charge is 0.310 e. The minimum Gasteiger partial charge on any atom is -0.466 e. The third kappa shape index (κ3) is 4.15. The van der Waals surface area contributed by atoms with Crippen LogP contribution in [0.5, 0.6) is 0 Å². The van der Waals surface area contributed by atoms with Crippen LogP contribution in [0.1, 0.15) is 13.3 Å². The second kappa shape index (κ2) is 4.27. The van der Waals surface area contributed by atoms with Gasteiger partial charge in [0.1, 0.15) is 0 Å². The van der Waals surface area contributed by atoms with Crippen LogP contribution in [0.3, 0.4) is 0 Å². The monoisotopic (exact) mass is 188 g/mol. The molecule has 0 bridgehead atoms. The molecule has 0 aliphatic heterocycles. The van der Waals surface area contributed by atoms with Gasteiger partial charge in [0.05, 0.1) is 13.0 Å². The molecule has 0 atom stereocenters. The molecule has 0 radical (unpaired) electrons. The lowest BCUT2D eigenvalue weighted by molar-refractivity contribution is -0.155. The van der Waals surface area contributed by atoms with Crippen LogP contribution in [-0.2, 0) is 9.53 Å². The largest absolute Gasteiger partial charge is 0.466 e. The fourth-order valence-electron chi connectivity index (χ4n) is 0.440. The van der Waals surface area contributed by atoms with Gasteiger partial charge < -0.3 is 4.74 Å². The standard InChI is InChI=1S/C6H8F4O2/c1-4(11)12-3-2-6(9,10)5(7)8/h5H,2-3H2,1H3. The van der Waals surface area contributed by atoms with E-state index >= 15 is 0 Å². The summed E-state index contributed by atoms with van der Waals surface area (Å²) in [6, 6.07) is 0. The van der Waals surface area contributed by atoms with E-state index in [2.05, 4.69) is 4.74 Å². The van der Waals surface area contributed by atoms with Gasteiger partial charge in [-0.25, -0.2) is 17.6 Å². The van der Waals surface area contributed by atoms with Gasteiger partial charge >= 0.3 is 18.3 Å². The summed E-state index contributed by atoms with van der Waals surface area (Å²) in [5, 5.41) is 0. The lowest BCUT2D eigenvalue weighted by Crippen LogP contribution is -2.28. The van der Waals surface area contributed by atoms with Crippen LogP contribution in [0.15, 0.2) is 0 Å². The summed E-state index contributed by atoms with van der Waals surface area (Å²) in [6.45, 7) is 0.327. The third-order valence-electron chi connectivity index (χ3n) is 1.06. The van der Waals surface area contributed by atoms with Crippen molar-refractivity contribution in [1.29, 1.82) is 0 Å². The van der Waals surface area contributed by atoms with Crippen LogP contribution >= 0.6 is 0 Å². The summed E-state index contributed by atoms with van der Waals surface area (Å²) in [7, 11) is 0. The molecule has 0 aromatic heterocycles. The fraction of sp³-hybridized carbons (Fsp3) is 0.833. The Morgan fingerprint density at radius 1 is 1.50 bits per heavy atom. The number of esters is 1. The maximum Gasteiger partial charge on any atom is 0.310 e. The van der Waals surface area contributed by atoms with Gasteiger partial charge in [0.15, 0.2) is 0 Å². The maximum atomic E-state index is 12.1. The van der Waals surface area contributed by atoms with Crippen LogP contribution < -0.4 is 0 Å². The van der Waals surface area contributed by atoms with Gasteiger partial charge in [-0.1, -0.05) is 0 Å². The molecule has 0 saturated heterocycles. The summed E-state index contributed by atoms with van der Waals surface area (Å²) in [5.41, 5.74) is 0. The summed E-state index contributed by atoms with van der Waals surface area (Å²) in [6.07, 6.45) is -4.86. The molecule has 0 amide bonds. The number of halogens is 4. The van der Waals surface area contributed by atoms with Gasteiger partial charge in [-0.3, -0.25) is 4.79 Å². The Kier molecular flexibility index (Phi) is 3.99. The first-order valence-electron chi connectivity index (χ1n) is 3.15. The SMILES string of the molecule is CC(=O)OCCC(F)(F)C(F)F. The van der Waals surface area contributed by atoms with Crippen LogP contribution in [0, 0.1) is 0 Å². The quantitative estimate of drug-likeness (QED) is 0.497. The van der Waals surface area contributed by atoms with Crippen molar-refractivity contribution >= 4 is 5.97 Å². The minimum absolute atomic E-state index is 0.688. The van der Waals surface area contributed by atoms with Crippen molar-refractivity contribution in [1.82, 2.24) is 0 Å². The Balaban J connectivity index is 3.69. The van der Waals surface area contributed by atoms with E-state index in [4.69, 9.17) is 0 Å². The molecule has 6 heteroatoms. The number of carbonyl (C=O) groups is 1. The molecule has 0 fully saturated rings. The summed E-state index contributed by atoms with van der Waals surface area (Å²) >= 11 is 0. The second-order valence-electron chi connectivity index (χ2n) is 2.15. The molecule has 0 spiro atoms. The molecule has 0 aliphatic rings. The van der Waals surface area contributed by atoms with E-state index in [-0.39, 0.29) is 0 Å². The van der Waals surface area contributed by atoms with Crippen molar-refractivity contribution in [3.63, 3.8) is 0 Å². The molecule has 0 aromatic carbocycles. The summed E-state index contributed by atoms with van der Waals surface area (Å²) in [5.74, 6) is -4.84. The van der Waals surface area contributed by atoms with Crippen molar-refractivity contribution in [2.24, 2.45) is 0 Å². The molecule has 0 N–H and O–H groups in total. The average Bonchev–Trinajstić information content (AvgIpc) is 1.85. The van der Waals surface area contributed by atoms with E-state index in [0.29, 0.717) is 0 Å². The second-order valence-corrected chi connectivity index (χ2v) is 2.15. The third-order valence-corrected chi connectivity index (χ3v) is 1.06. The molecule has 2 nitrogen and oxygen atoms in total. The van der Waals surface area contributed by atoms with Gasteiger partial charge in [0.25, 0.3) is 0 Å². The van der Waals surface area contributed by atoms with Gasteiger partial charge in [-0.05, 0) is 0 Å². The molecule has 12 heavy (non-hydrogen) atoms. The number of ether oxygens (including phenoxy) is 1. The Labute approximate surface area is 66.5 Å². The molecule has 0 aliphatic carbocycles. The highest BCUT2D eigenvalue weighted by atomic mass is 19.3. The predicted octanol–water partition coefficient (Wildman–Crippen LogP) is 1.84. The Morgan fingerprint density at radius 2 is 2.00 bits per heavy atom. The molecule has 0 rings (SSSR count). The predicted molar refractivity (Wildman–Crippen MR) is 32.2 cm³/mol. The van der Waals surface area contributed by atoms with Gasteiger partial charge in [0, 0.05) is 6.92 Å². The van der Waals surface area contributed by atoms with Gasteiger partial charge in [-0.15, -0.1) is 0 Å². The topological polar surface area (TPSA) is 26.3 Å². The molecule has 72 valence electrons. The number of hydrogen-bond acceptors (Lipinski definition) is 2. The van der Waals surface area contributed by atoms with Crippen LogP contribution in [0.4, 0.5) is 17.6 Å². The Morgan fingerprint density at radius 3 is 2.33 bits per heavy atom. The zero-order valence-corrected chi connectivity index (χ0v) is 6.32. The lowest BCUT2D eigenvalue weighted by atomic mass is 10.2.